The van der Waals surface area contributed by atoms with Crippen LogP contribution < -0.4 is 5.32 Å². The molecule has 2 N–H and O–H groups in total. The molecule has 0 saturated carbocycles. The van der Waals surface area contributed by atoms with Crippen molar-refractivity contribution in [2.45, 2.75) is 59.2 Å². The number of nitrogens with zero attached hydrogens (tertiary/aromatic N) is 1. The van der Waals surface area contributed by atoms with Crippen molar-refractivity contribution in [3.05, 3.63) is 0 Å². The van der Waals surface area contributed by atoms with Gasteiger partial charge in [0.1, 0.15) is 11.2 Å². The summed E-state index contributed by atoms with van der Waals surface area (Å²) in [6, 6.07) is 0. The van der Waals surface area contributed by atoms with Gasteiger partial charge in [-0.2, -0.15) is 0 Å². The molecular formula is C17H30N2O6. The van der Waals surface area contributed by atoms with E-state index in [1.165, 1.54) is 4.90 Å². The first-order valence-corrected chi connectivity index (χ1v) is 8.43. The van der Waals surface area contributed by atoms with Crippen LogP contribution in [0.2, 0.25) is 0 Å². The smallest absolute Gasteiger partial charge is 0.410 e. The number of alkyl carbamates (subject to hydrolysis) is 1. The van der Waals surface area contributed by atoms with Crippen LogP contribution >= 0.6 is 0 Å². The van der Waals surface area contributed by atoms with E-state index in [0.29, 0.717) is 13.1 Å². The number of hydrogen-bond acceptors (Lipinski definition) is 5. The molecule has 1 aliphatic heterocycles. The maximum atomic E-state index is 12.2. The molecule has 0 aromatic carbocycles. The van der Waals surface area contributed by atoms with Crippen LogP contribution in [0.4, 0.5) is 9.59 Å². The molecule has 2 atom stereocenters. The molecule has 0 aromatic rings. The van der Waals surface area contributed by atoms with E-state index in [1.807, 2.05) is 0 Å². The van der Waals surface area contributed by atoms with Crippen molar-refractivity contribution >= 4 is 18.2 Å². The monoisotopic (exact) mass is 358 g/mol. The molecule has 8 heteroatoms. The Kier molecular flexibility index (Phi) is 6.68. The third-order valence-corrected chi connectivity index (χ3v) is 3.57. The number of carboxylic acid groups (broad SMARTS) is 1. The Morgan fingerprint density at radius 2 is 1.52 bits per heavy atom. The first-order chi connectivity index (χ1) is 11.3. The highest BCUT2D eigenvalue weighted by molar-refractivity contribution is 5.70. The lowest BCUT2D eigenvalue weighted by molar-refractivity contribution is -0.138. The summed E-state index contributed by atoms with van der Waals surface area (Å²) < 4.78 is 10.5. The molecule has 0 bridgehead atoms. The number of carbonyl (C=O) groups excluding carboxylic acids is 2. The predicted molar refractivity (Wildman–Crippen MR) is 91.3 cm³/mol. The summed E-state index contributed by atoms with van der Waals surface area (Å²) in [5.41, 5.74) is -1.23. The molecule has 1 aliphatic rings. The third-order valence-electron chi connectivity index (χ3n) is 3.57. The van der Waals surface area contributed by atoms with Crippen molar-refractivity contribution < 1.29 is 29.0 Å². The highest BCUT2D eigenvalue weighted by Gasteiger charge is 2.38. The van der Waals surface area contributed by atoms with E-state index < -0.39 is 29.4 Å². The van der Waals surface area contributed by atoms with Crippen molar-refractivity contribution in [3.8, 4) is 0 Å². The molecule has 144 valence electrons. The fraction of sp³-hybridized carbons (Fsp3) is 0.824. The number of carboxylic acids is 1. The van der Waals surface area contributed by atoms with E-state index >= 15 is 0 Å². The van der Waals surface area contributed by atoms with Gasteiger partial charge >= 0.3 is 18.2 Å². The Hall–Kier alpha value is -1.99. The van der Waals surface area contributed by atoms with E-state index in [-0.39, 0.29) is 24.8 Å². The molecule has 0 unspecified atom stereocenters. The van der Waals surface area contributed by atoms with Crippen molar-refractivity contribution in [2.24, 2.45) is 11.8 Å². The van der Waals surface area contributed by atoms with Gasteiger partial charge in [0.2, 0.25) is 0 Å². The lowest BCUT2D eigenvalue weighted by atomic mass is 9.93. The van der Waals surface area contributed by atoms with Gasteiger partial charge in [-0.05, 0) is 53.4 Å². The highest BCUT2D eigenvalue weighted by Crippen LogP contribution is 2.27. The molecule has 8 nitrogen and oxygen atoms in total. The Balaban J connectivity index is 2.66. The number of amides is 2. The number of likely N-dealkylation sites (tertiary alicyclic amines) is 1. The Morgan fingerprint density at radius 1 is 1.00 bits per heavy atom. The van der Waals surface area contributed by atoms with Gasteiger partial charge < -0.3 is 24.8 Å². The van der Waals surface area contributed by atoms with Gasteiger partial charge in [-0.15, -0.1) is 0 Å². The normalized spacial score (nSPS) is 21.0. The third kappa shape index (κ3) is 8.09. The maximum Gasteiger partial charge on any atom is 0.410 e. The first-order valence-electron chi connectivity index (χ1n) is 8.43. The lowest BCUT2D eigenvalue weighted by Crippen LogP contribution is -2.38. The van der Waals surface area contributed by atoms with E-state index in [1.54, 1.807) is 41.5 Å². The SMILES string of the molecule is CC(C)(C)OC(=O)NC[C@@H]1CN(C(=O)OC(C)(C)C)C[C@@H]1CC(=O)O. The minimum absolute atomic E-state index is 0.0695. The van der Waals surface area contributed by atoms with Crippen LogP contribution in [0.1, 0.15) is 48.0 Å². The summed E-state index contributed by atoms with van der Waals surface area (Å²) in [7, 11) is 0. The Bertz CT molecular complexity index is 506. The van der Waals surface area contributed by atoms with Gasteiger partial charge in [0.15, 0.2) is 0 Å². The second-order valence-corrected chi connectivity index (χ2v) is 8.39. The molecule has 0 radical (unpaired) electrons. The van der Waals surface area contributed by atoms with E-state index in [4.69, 9.17) is 14.6 Å². The molecule has 0 aliphatic carbocycles. The quantitative estimate of drug-likeness (QED) is 0.800. The molecule has 2 amide bonds. The van der Waals surface area contributed by atoms with Crippen molar-refractivity contribution in [1.82, 2.24) is 10.2 Å². The summed E-state index contributed by atoms with van der Waals surface area (Å²) >= 11 is 0. The van der Waals surface area contributed by atoms with Gasteiger partial charge in [-0.25, -0.2) is 9.59 Å². The second-order valence-electron chi connectivity index (χ2n) is 8.39. The fourth-order valence-electron chi connectivity index (χ4n) is 2.63. The van der Waals surface area contributed by atoms with Crippen LogP contribution in [-0.2, 0) is 14.3 Å². The minimum Gasteiger partial charge on any atom is -0.481 e. The van der Waals surface area contributed by atoms with E-state index in [9.17, 15) is 14.4 Å². The van der Waals surface area contributed by atoms with Crippen LogP contribution in [0.5, 0.6) is 0 Å². The molecule has 1 saturated heterocycles. The first kappa shape index (κ1) is 21.1. The van der Waals surface area contributed by atoms with E-state index in [0.717, 1.165) is 0 Å². The summed E-state index contributed by atoms with van der Waals surface area (Å²) in [5, 5.41) is 11.7. The van der Waals surface area contributed by atoms with Crippen molar-refractivity contribution in [1.29, 1.82) is 0 Å². The zero-order chi connectivity index (χ0) is 19.4. The second kappa shape index (κ2) is 7.93. The van der Waals surface area contributed by atoms with Crippen LogP contribution in [0, 0.1) is 11.8 Å². The lowest BCUT2D eigenvalue weighted by Gasteiger charge is -2.24. The fourth-order valence-corrected chi connectivity index (χ4v) is 2.63. The van der Waals surface area contributed by atoms with Gasteiger partial charge in [-0.3, -0.25) is 4.79 Å². The summed E-state index contributed by atoms with van der Waals surface area (Å²) in [6.07, 6.45) is -1.10. The zero-order valence-electron chi connectivity index (χ0n) is 15.9. The van der Waals surface area contributed by atoms with Gasteiger partial charge in [0, 0.05) is 19.6 Å². The predicted octanol–water partition coefficient (Wildman–Crippen LogP) is 2.47. The van der Waals surface area contributed by atoms with Gasteiger partial charge in [0.25, 0.3) is 0 Å². The largest absolute Gasteiger partial charge is 0.481 e. The maximum absolute atomic E-state index is 12.2. The van der Waals surface area contributed by atoms with Gasteiger partial charge in [0.05, 0.1) is 6.42 Å². The number of aliphatic carboxylic acids is 1. The average molecular weight is 358 g/mol. The number of nitrogens with one attached hydrogen (secondary N) is 1. The highest BCUT2D eigenvalue weighted by atomic mass is 16.6. The Morgan fingerprint density at radius 3 is 2.00 bits per heavy atom. The Labute approximate surface area is 148 Å². The molecule has 1 rings (SSSR count). The molecule has 1 fully saturated rings. The number of hydrogen-bond donors (Lipinski definition) is 2. The van der Waals surface area contributed by atoms with Crippen LogP contribution in [0.3, 0.4) is 0 Å². The molecule has 0 aromatic heterocycles. The standard InChI is InChI=1S/C17H30N2O6/c1-16(2,3)24-14(22)18-8-12-10-19(9-11(12)7-13(20)21)15(23)25-17(4,5)6/h11-12H,7-10H2,1-6H3,(H,18,22)(H,20,21)/t11-,12+/m0/s1. The minimum atomic E-state index is -0.932. The van der Waals surface area contributed by atoms with Crippen LogP contribution in [0.25, 0.3) is 0 Å². The van der Waals surface area contributed by atoms with Crippen LogP contribution in [0.15, 0.2) is 0 Å². The van der Waals surface area contributed by atoms with Crippen molar-refractivity contribution in [2.75, 3.05) is 19.6 Å². The molecule has 0 spiro atoms. The summed E-state index contributed by atoms with van der Waals surface area (Å²) in [6.45, 7) is 11.5. The number of ether oxygens (including phenoxy) is 2. The summed E-state index contributed by atoms with van der Waals surface area (Å²) in [5.74, 6) is -1.35. The number of carbonyl (C=O) groups is 3. The van der Waals surface area contributed by atoms with E-state index in [2.05, 4.69) is 5.32 Å². The van der Waals surface area contributed by atoms with Crippen LogP contribution in [-0.4, -0.2) is 59.0 Å². The average Bonchev–Trinajstić information content (AvgIpc) is 2.74. The molecule has 1 heterocycles. The molecule has 25 heavy (non-hydrogen) atoms. The topological polar surface area (TPSA) is 105 Å². The zero-order valence-corrected chi connectivity index (χ0v) is 15.9. The van der Waals surface area contributed by atoms with Crippen molar-refractivity contribution in [3.63, 3.8) is 0 Å². The summed E-state index contributed by atoms with van der Waals surface area (Å²) in [4.78, 5) is 36.6. The molecular weight excluding hydrogens is 328 g/mol. The van der Waals surface area contributed by atoms with Gasteiger partial charge in [-0.1, -0.05) is 0 Å². The number of rotatable bonds is 4.